The summed E-state index contributed by atoms with van der Waals surface area (Å²) in [6.45, 7) is 5.02. The van der Waals surface area contributed by atoms with Gasteiger partial charge in [-0.15, -0.1) is 0 Å². The van der Waals surface area contributed by atoms with E-state index in [9.17, 15) is 4.79 Å². The molecule has 1 amide bonds. The number of carbonyl (C=O) groups is 1. The van der Waals surface area contributed by atoms with Gasteiger partial charge in [0.1, 0.15) is 0 Å². The quantitative estimate of drug-likeness (QED) is 0.309. The van der Waals surface area contributed by atoms with Crippen LogP contribution >= 0.6 is 0 Å². The van der Waals surface area contributed by atoms with Crippen molar-refractivity contribution in [1.29, 1.82) is 0 Å². The number of nitrogens with zero attached hydrogens (tertiary/aromatic N) is 1. The molecule has 0 aliphatic heterocycles. The molecule has 0 aromatic rings. The lowest BCUT2D eigenvalue weighted by Gasteiger charge is -2.22. The highest BCUT2D eigenvalue weighted by Crippen LogP contribution is 2.20. The average Bonchev–Trinajstić information content (AvgIpc) is 2.69. The molecular formula is C21H40N4O2. The van der Waals surface area contributed by atoms with Crippen LogP contribution in [-0.4, -0.2) is 50.3 Å². The second-order valence-corrected chi connectivity index (χ2v) is 7.82. The largest absolute Gasteiger partial charge is 0.378 e. The van der Waals surface area contributed by atoms with Gasteiger partial charge in [-0.3, -0.25) is 9.79 Å². The van der Waals surface area contributed by atoms with Crippen LogP contribution in [0.4, 0.5) is 0 Å². The zero-order valence-corrected chi connectivity index (χ0v) is 17.2. The van der Waals surface area contributed by atoms with E-state index in [0.717, 1.165) is 44.9 Å². The molecule has 0 bridgehead atoms. The molecule has 2 aliphatic rings. The standard InChI is InChI=1S/C21H40N4O2/c1-2-22-21(23-15-9-17-27-19-12-7-4-8-13-19)24-16-14-20(26)25-18-10-5-3-6-11-18/h18-19H,2-17H2,1H3,(H,25,26)(H2,22,23,24). The summed E-state index contributed by atoms with van der Waals surface area (Å²) in [7, 11) is 0. The minimum atomic E-state index is 0.145. The molecular weight excluding hydrogens is 340 g/mol. The molecule has 0 aromatic heterocycles. The first-order valence-electron chi connectivity index (χ1n) is 11.2. The summed E-state index contributed by atoms with van der Waals surface area (Å²) in [5, 5.41) is 9.67. The number of aliphatic imine (C=N–C) groups is 1. The van der Waals surface area contributed by atoms with Gasteiger partial charge in [-0.05, 0) is 39.0 Å². The minimum Gasteiger partial charge on any atom is -0.378 e. The fourth-order valence-electron chi connectivity index (χ4n) is 3.92. The maximum absolute atomic E-state index is 12.1. The van der Waals surface area contributed by atoms with Crippen molar-refractivity contribution in [2.24, 2.45) is 4.99 Å². The first-order chi connectivity index (χ1) is 13.3. The highest BCUT2D eigenvalue weighted by Gasteiger charge is 2.15. The molecule has 2 aliphatic carbocycles. The summed E-state index contributed by atoms with van der Waals surface area (Å²) in [6, 6.07) is 0.386. The molecule has 2 fully saturated rings. The van der Waals surface area contributed by atoms with Crippen molar-refractivity contribution in [3.05, 3.63) is 0 Å². The predicted octanol–water partition coefficient (Wildman–Crippen LogP) is 3.12. The lowest BCUT2D eigenvalue weighted by Crippen LogP contribution is -2.41. The van der Waals surface area contributed by atoms with E-state index in [0.29, 0.717) is 25.1 Å². The van der Waals surface area contributed by atoms with E-state index in [1.54, 1.807) is 0 Å². The third kappa shape index (κ3) is 9.99. The first kappa shape index (κ1) is 22.0. The maximum Gasteiger partial charge on any atom is 0.221 e. The number of amides is 1. The number of hydrogen-bond acceptors (Lipinski definition) is 3. The fourth-order valence-corrected chi connectivity index (χ4v) is 3.92. The Hall–Kier alpha value is -1.30. The Labute approximate surface area is 165 Å². The van der Waals surface area contributed by atoms with E-state index in [-0.39, 0.29) is 5.91 Å². The van der Waals surface area contributed by atoms with Gasteiger partial charge in [0.2, 0.25) is 5.91 Å². The second kappa shape index (κ2) is 13.8. The van der Waals surface area contributed by atoms with Crippen LogP contribution < -0.4 is 16.0 Å². The molecule has 6 heteroatoms. The van der Waals surface area contributed by atoms with Crippen LogP contribution in [0.25, 0.3) is 0 Å². The van der Waals surface area contributed by atoms with Gasteiger partial charge in [-0.1, -0.05) is 38.5 Å². The maximum atomic E-state index is 12.1. The zero-order valence-electron chi connectivity index (χ0n) is 17.2. The van der Waals surface area contributed by atoms with E-state index in [4.69, 9.17) is 4.74 Å². The Morgan fingerprint density at radius 1 is 1.00 bits per heavy atom. The van der Waals surface area contributed by atoms with Crippen LogP contribution in [-0.2, 0) is 9.53 Å². The molecule has 156 valence electrons. The van der Waals surface area contributed by atoms with Gasteiger partial charge >= 0.3 is 0 Å². The summed E-state index contributed by atoms with van der Waals surface area (Å²) in [5.74, 6) is 0.937. The van der Waals surface area contributed by atoms with Gasteiger partial charge < -0.3 is 20.7 Å². The van der Waals surface area contributed by atoms with Crippen LogP contribution in [0.3, 0.4) is 0 Å². The van der Waals surface area contributed by atoms with Crippen molar-refractivity contribution in [3.8, 4) is 0 Å². The number of guanidine groups is 1. The summed E-state index contributed by atoms with van der Waals surface area (Å²) in [5.41, 5.74) is 0. The zero-order chi connectivity index (χ0) is 19.2. The van der Waals surface area contributed by atoms with Crippen LogP contribution in [0.15, 0.2) is 4.99 Å². The lowest BCUT2D eigenvalue weighted by atomic mass is 9.95. The van der Waals surface area contributed by atoms with Crippen LogP contribution in [0.2, 0.25) is 0 Å². The molecule has 0 aromatic carbocycles. The lowest BCUT2D eigenvalue weighted by molar-refractivity contribution is -0.121. The first-order valence-corrected chi connectivity index (χ1v) is 11.2. The highest BCUT2D eigenvalue weighted by molar-refractivity contribution is 5.81. The van der Waals surface area contributed by atoms with Gasteiger partial charge in [-0.25, -0.2) is 0 Å². The average molecular weight is 381 g/mol. The smallest absolute Gasteiger partial charge is 0.221 e. The summed E-state index contributed by atoms with van der Waals surface area (Å²) < 4.78 is 5.95. The van der Waals surface area contributed by atoms with Gasteiger partial charge in [0.25, 0.3) is 0 Å². The van der Waals surface area contributed by atoms with Crippen LogP contribution in [0, 0.1) is 0 Å². The Kier molecular flexibility index (Phi) is 11.2. The van der Waals surface area contributed by atoms with E-state index >= 15 is 0 Å². The van der Waals surface area contributed by atoms with Crippen molar-refractivity contribution in [1.82, 2.24) is 16.0 Å². The van der Waals surface area contributed by atoms with E-state index < -0.39 is 0 Å². The molecule has 0 heterocycles. The Bertz CT molecular complexity index is 430. The van der Waals surface area contributed by atoms with Crippen molar-refractivity contribution in [2.75, 3.05) is 26.2 Å². The van der Waals surface area contributed by atoms with Gasteiger partial charge in [0, 0.05) is 38.7 Å². The molecule has 0 spiro atoms. The van der Waals surface area contributed by atoms with Crippen molar-refractivity contribution in [3.63, 3.8) is 0 Å². The molecule has 0 radical (unpaired) electrons. The molecule has 27 heavy (non-hydrogen) atoms. The van der Waals surface area contributed by atoms with Crippen LogP contribution in [0.1, 0.15) is 84.0 Å². The molecule has 0 saturated heterocycles. The van der Waals surface area contributed by atoms with Crippen LogP contribution in [0.5, 0.6) is 0 Å². The Balaban J connectivity index is 1.55. The van der Waals surface area contributed by atoms with Crippen molar-refractivity contribution in [2.45, 2.75) is 96.1 Å². The number of nitrogens with one attached hydrogen (secondary N) is 3. The third-order valence-corrected chi connectivity index (χ3v) is 5.44. The van der Waals surface area contributed by atoms with E-state index in [2.05, 4.69) is 27.9 Å². The molecule has 6 nitrogen and oxygen atoms in total. The number of carbonyl (C=O) groups excluding carboxylic acids is 1. The normalized spacial score (nSPS) is 19.7. The number of ether oxygens (including phenoxy) is 1. The molecule has 2 saturated carbocycles. The van der Waals surface area contributed by atoms with E-state index in [1.165, 1.54) is 51.4 Å². The Morgan fingerprint density at radius 2 is 1.70 bits per heavy atom. The number of rotatable bonds is 10. The third-order valence-electron chi connectivity index (χ3n) is 5.44. The molecule has 0 unspecified atom stereocenters. The Morgan fingerprint density at radius 3 is 2.41 bits per heavy atom. The van der Waals surface area contributed by atoms with Gasteiger partial charge in [0.15, 0.2) is 5.96 Å². The van der Waals surface area contributed by atoms with E-state index in [1.807, 2.05) is 0 Å². The summed E-state index contributed by atoms with van der Waals surface area (Å²) in [6.07, 6.45) is 14.4. The van der Waals surface area contributed by atoms with Crippen molar-refractivity contribution >= 4 is 11.9 Å². The monoisotopic (exact) mass is 380 g/mol. The molecule has 0 atom stereocenters. The van der Waals surface area contributed by atoms with Gasteiger partial charge in [-0.2, -0.15) is 0 Å². The SMILES string of the molecule is CCNC(=NCCCOC1CCCCC1)NCCC(=O)NC1CCCCC1. The number of hydrogen-bond donors (Lipinski definition) is 3. The summed E-state index contributed by atoms with van der Waals surface area (Å²) in [4.78, 5) is 16.7. The predicted molar refractivity (Wildman–Crippen MR) is 111 cm³/mol. The molecule has 2 rings (SSSR count). The topological polar surface area (TPSA) is 74.8 Å². The highest BCUT2D eigenvalue weighted by atomic mass is 16.5. The van der Waals surface area contributed by atoms with Gasteiger partial charge in [0.05, 0.1) is 6.10 Å². The second-order valence-electron chi connectivity index (χ2n) is 7.82. The summed E-state index contributed by atoms with van der Waals surface area (Å²) >= 11 is 0. The fraction of sp³-hybridized carbons (Fsp3) is 0.905. The molecule has 3 N–H and O–H groups in total. The minimum absolute atomic E-state index is 0.145. The van der Waals surface area contributed by atoms with Crippen molar-refractivity contribution < 1.29 is 9.53 Å².